The summed E-state index contributed by atoms with van der Waals surface area (Å²) in [7, 11) is 4.06. The molecular weight excluding hydrogens is 452 g/mol. The monoisotopic (exact) mass is 480 g/mol. The van der Waals surface area contributed by atoms with Crippen LogP contribution in [0, 0.1) is 6.92 Å². The lowest BCUT2D eigenvalue weighted by Crippen LogP contribution is -2.31. The molecule has 1 aliphatic heterocycles. The summed E-state index contributed by atoms with van der Waals surface area (Å²) >= 11 is 1.45. The summed E-state index contributed by atoms with van der Waals surface area (Å²) in [6.07, 6.45) is 4.78. The summed E-state index contributed by atoms with van der Waals surface area (Å²) in [5, 5.41) is 1.91. The highest BCUT2D eigenvalue weighted by atomic mass is 32.2. The summed E-state index contributed by atoms with van der Waals surface area (Å²) in [6, 6.07) is 24.4. The average Bonchev–Trinajstić information content (AvgIpc) is 3.40. The predicted molar refractivity (Wildman–Crippen MR) is 148 cm³/mol. The Morgan fingerprint density at radius 1 is 1.03 bits per heavy atom. The van der Waals surface area contributed by atoms with Gasteiger partial charge in [-0.1, -0.05) is 42.5 Å². The van der Waals surface area contributed by atoms with Gasteiger partial charge >= 0.3 is 0 Å². The van der Waals surface area contributed by atoms with Crippen molar-refractivity contribution in [3.8, 4) is 0 Å². The van der Waals surface area contributed by atoms with Crippen LogP contribution in [0.4, 0.5) is 11.4 Å². The number of nitrogens with one attached hydrogen (secondary N) is 1. The number of rotatable bonds is 6. The van der Waals surface area contributed by atoms with E-state index >= 15 is 0 Å². The first kappa shape index (κ1) is 23.0. The van der Waals surface area contributed by atoms with Crippen molar-refractivity contribution in [1.82, 2.24) is 9.88 Å². The Morgan fingerprint density at radius 3 is 2.57 bits per heavy atom. The zero-order valence-corrected chi connectivity index (χ0v) is 21.0. The summed E-state index contributed by atoms with van der Waals surface area (Å²) in [5.41, 5.74) is 6.47. The van der Waals surface area contributed by atoms with E-state index in [2.05, 4.69) is 47.1 Å². The second kappa shape index (κ2) is 9.84. The molecule has 176 valence electrons. The number of aliphatic imine (C=N–C) groups is 1. The third-order valence-corrected chi connectivity index (χ3v) is 7.21. The smallest absolute Gasteiger partial charge is 0.266 e. The highest BCUT2D eigenvalue weighted by Crippen LogP contribution is 2.35. The van der Waals surface area contributed by atoms with Crippen LogP contribution >= 0.6 is 11.8 Å². The summed E-state index contributed by atoms with van der Waals surface area (Å²) in [5.74, 6) is 0.000563. The lowest BCUT2D eigenvalue weighted by molar-refractivity contribution is -0.122. The Kier molecular flexibility index (Phi) is 6.47. The van der Waals surface area contributed by atoms with Crippen LogP contribution in [0.25, 0.3) is 17.0 Å². The van der Waals surface area contributed by atoms with E-state index in [0.717, 1.165) is 39.6 Å². The molecule has 1 aliphatic rings. The fourth-order valence-corrected chi connectivity index (χ4v) is 5.23. The van der Waals surface area contributed by atoms with Crippen molar-refractivity contribution in [2.45, 2.75) is 13.3 Å². The van der Waals surface area contributed by atoms with Crippen LogP contribution in [-0.4, -0.2) is 41.6 Å². The molecule has 0 saturated carbocycles. The van der Waals surface area contributed by atoms with E-state index in [-0.39, 0.29) is 5.91 Å². The minimum absolute atomic E-state index is 0.000563. The number of thioether (sulfide) groups is 1. The second-order valence-electron chi connectivity index (χ2n) is 8.84. The van der Waals surface area contributed by atoms with Gasteiger partial charge in [0.15, 0.2) is 5.17 Å². The molecule has 0 atom stereocenters. The molecule has 0 radical (unpaired) electrons. The molecule has 4 aromatic rings. The van der Waals surface area contributed by atoms with Crippen LogP contribution in [0.15, 0.2) is 88.9 Å². The van der Waals surface area contributed by atoms with E-state index in [0.29, 0.717) is 11.4 Å². The molecule has 0 aliphatic carbocycles. The number of H-pyrrole nitrogens is 1. The number of nitrogens with zero attached hydrogens (tertiary/aromatic N) is 3. The van der Waals surface area contributed by atoms with Gasteiger partial charge in [-0.3, -0.25) is 9.69 Å². The first-order valence-electron chi connectivity index (χ1n) is 11.7. The van der Waals surface area contributed by atoms with Crippen LogP contribution in [0.1, 0.15) is 16.7 Å². The van der Waals surface area contributed by atoms with Crippen molar-refractivity contribution in [1.29, 1.82) is 0 Å². The number of amidine groups is 1. The third-order valence-electron chi connectivity index (χ3n) is 6.21. The lowest BCUT2D eigenvalue weighted by Gasteiger charge is -2.15. The topological polar surface area (TPSA) is 51.7 Å². The minimum atomic E-state index is 0.000563. The molecule has 1 aromatic heterocycles. The van der Waals surface area contributed by atoms with E-state index in [4.69, 9.17) is 4.99 Å². The molecule has 35 heavy (non-hydrogen) atoms. The van der Waals surface area contributed by atoms with Gasteiger partial charge in [0.1, 0.15) is 0 Å². The number of para-hydroxylation sites is 2. The standard InChI is InChI=1S/C29H28N4OS/c1-20-17-24(32(2)3)14-13-21(20)18-27-28(34)33(29(35-27)31-23-9-5-4-6-10-23)16-15-22-19-30-26-12-8-7-11-25(22)26/h4-14,17-19,30H,15-16H2,1-3H3/b27-18-,31-29?. The van der Waals surface area contributed by atoms with Gasteiger partial charge in [0, 0.05) is 43.4 Å². The maximum Gasteiger partial charge on any atom is 0.266 e. The van der Waals surface area contributed by atoms with Gasteiger partial charge in [0.05, 0.1) is 10.6 Å². The zero-order valence-electron chi connectivity index (χ0n) is 20.2. The molecule has 6 heteroatoms. The Bertz CT molecular complexity index is 1440. The molecule has 0 unspecified atom stereocenters. The SMILES string of the molecule is Cc1cc(N(C)C)ccc1/C=C1\SC(=Nc2ccccc2)N(CCc2c[nH]c3ccccc23)C1=O. The Balaban J connectivity index is 1.45. The van der Waals surface area contributed by atoms with Gasteiger partial charge < -0.3 is 9.88 Å². The van der Waals surface area contributed by atoms with Crippen LogP contribution in [0.5, 0.6) is 0 Å². The van der Waals surface area contributed by atoms with Gasteiger partial charge in [-0.15, -0.1) is 0 Å². The normalized spacial score (nSPS) is 16.1. The zero-order chi connectivity index (χ0) is 24.4. The van der Waals surface area contributed by atoms with Gasteiger partial charge in [0.2, 0.25) is 0 Å². The van der Waals surface area contributed by atoms with Crippen molar-refractivity contribution >= 4 is 51.2 Å². The van der Waals surface area contributed by atoms with E-state index in [1.165, 1.54) is 22.7 Å². The molecule has 1 saturated heterocycles. The molecule has 3 aromatic carbocycles. The number of amides is 1. The van der Waals surface area contributed by atoms with Crippen molar-refractivity contribution in [3.05, 3.63) is 101 Å². The maximum atomic E-state index is 13.6. The highest BCUT2D eigenvalue weighted by molar-refractivity contribution is 8.18. The molecule has 1 fully saturated rings. The molecule has 0 bridgehead atoms. The fraction of sp³-hybridized carbons (Fsp3) is 0.172. The summed E-state index contributed by atoms with van der Waals surface area (Å²) in [6.45, 7) is 2.65. The summed E-state index contributed by atoms with van der Waals surface area (Å²) in [4.78, 5) is 26.3. The largest absolute Gasteiger partial charge is 0.378 e. The molecule has 0 spiro atoms. The summed E-state index contributed by atoms with van der Waals surface area (Å²) < 4.78 is 0. The van der Waals surface area contributed by atoms with Gasteiger partial charge in [0.25, 0.3) is 5.91 Å². The highest BCUT2D eigenvalue weighted by Gasteiger charge is 2.33. The number of hydrogen-bond acceptors (Lipinski definition) is 4. The van der Waals surface area contributed by atoms with Gasteiger partial charge in [-0.25, -0.2) is 4.99 Å². The quantitative estimate of drug-likeness (QED) is 0.325. The van der Waals surface area contributed by atoms with E-state index < -0.39 is 0 Å². The number of benzene rings is 3. The first-order chi connectivity index (χ1) is 17.0. The van der Waals surface area contributed by atoms with Crippen LogP contribution in [-0.2, 0) is 11.2 Å². The number of fused-ring (bicyclic) bond motifs is 1. The number of aryl methyl sites for hydroxylation is 1. The molecule has 1 N–H and O–H groups in total. The number of carbonyl (C=O) groups is 1. The predicted octanol–water partition coefficient (Wildman–Crippen LogP) is 6.39. The van der Waals surface area contributed by atoms with Crippen molar-refractivity contribution in [3.63, 3.8) is 0 Å². The Labute approximate surface area is 210 Å². The van der Waals surface area contributed by atoms with E-state index in [1.54, 1.807) is 0 Å². The van der Waals surface area contributed by atoms with Crippen LogP contribution < -0.4 is 4.90 Å². The number of carbonyl (C=O) groups excluding carboxylic acids is 1. The molecule has 5 nitrogen and oxygen atoms in total. The van der Waals surface area contributed by atoms with Crippen molar-refractivity contribution < 1.29 is 4.79 Å². The van der Waals surface area contributed by atoms with Gasteiger partial charge in [-0.2, -0.15) is 0 Å². The minimum Gasteiger partial charge on any atom is -0.378 e. The molecule has 5 rings (SSSR count). The van der Waals surface area contributed by atoms with Crippen LogP contribution in [0.2, 0.25) is 0 Å². The molecule has 1 amide bonds. The third kappa shape index (κ3) is 4.88. The first-order valence-corrected chi connectivity index (χ1v) is 12.5. The van der Waals surface area contributed by atoms with E-state index in [1.807, 2.05) is 73.7 Å². The second-order valence-corrected chi connectivity index (χ2v) is 9.85. The Morgan fingerprint density at radius 2 is 1.80 bits per heavy atom. The van der Waals surface area contributed by atoms with E-state index in [9.17, 15) is 4.79 Å². The molecular formula is C29H28N4OS. The maximum absolute atomic E-state index is 13.6. The lowest BCUT2D eigenvalue weighted by atomic mass is 10.1. The van der Waals surface area contributed by atoms with Crippen molar-refractivity contribution in [2.75, 3.05) is 25.5 Å². The van der Waals surface area contributed by atoms with Crippen LogP contribution in [0.3, 0.4) is 0 Å². The number of hydrogen-bond donors (Lipinski definition) is 1. The number of anilines is 1. The Hall–Kier alpha value is -3.77. The van der Waals surface area contributed by atoms with Crippen molar-refractivity contribution in [2.24, 2.45) is 4.99 Å². The fourth-order valence-electron chi connectivity index (χ4n) is 4.21. The van der Waals surface area contributed by atoms with Gasteiger partial charge in [-0.05, 0) is 78.2 Å². The molecule has 2 heterocycles. The number of aromatic amines is 1. The number of aromatic nitrogens is 1. The average molecular weight is 481 g/mol.